The number of methoxy groups -OCH3 is 1. The Kier molecular flexibility index (Phi) is 4.74. The molecule has 20 heavy (non-hydrogen) atoms. The Morgan fingerprint density at radius 1 is 1.10 bits per heavy atom. The minimum atomic E-state index is -0.996. The van der Waals surface area contributed by atoms with Crippen LogP contribution < -0.4 is 4.74 Å². The lowest BCUT2D eigenvalue weighted by Gasteiger charge is -2.14. The molecule has 0 radical (unpaired) electrons. The molecule has 0 aliphatic heterocycles. The summed E-state index contributed by atoms with van der Waals surface area (Å²) < 4.78 is 10.6. The molecule has 0 aliphatic rings. The van der Waals surface area contributed by atoms with E-state index in [9.17, 15) is 9.90 Å². The molecule has 0 amide bonds. The highest BCUT2D eigenvalue weighted by Crippen LogP contribution is 2.20. The van der Waals surface area contributed by atoms with E-state index in [0.717, 1.165) is 11.3 Å². The normalized spacial score (nSPS) is 11.8. The first kappa shape index (κ1) is 14.1. The second-order valence-corrected chi connectivity index (χ2v) is 4.29. The molecule has 2 aromatic carbocycles. The summed E-state index contributed by atoms with van der Waals surface area (Å²) in [6, 6.07) is 16.2. The number of aliphatic carboxylic acids is 1. The molecule has 1 unspecified atom stereocenters. The minimum Gasteiger partial charge on any atom is -0.497 e. The number of hydrogen-bond acceptors (Lipinski definition) is 3. The van der Waals surface area contributed by atoms with E-state index in [4.69, 9.17) is 9.47 Å². The van der Waals surface area contributed by atoms with Gasteiger partial charge in [0.15, 0.2) is 6.10 Å². The summed E-state index contributed by atoms with van der Waals surface area (Å²) in [4.78, 5) is 11.3. The zero-order valence-corrected chi connectivity index (χ0v) is 11.2. The molecule has 0 fully saturated rings. The number of rotatable bonds is 6. The lowest BCUT2D eigenvalue weighted by Crippen LogP contribution is -2.15. The Labute approximate surface area is 117 Å². The van der Waals surface area contributed by atoms with Crippen LogP contribution in [0.2, 0.25) is 0 Å². The molecule has 4 heteroatoms. The average molecular weight is 272 g/mol. The fourth-order valence-electron chi connectivity index (χ4n) is 1.84. The van der Waals surface area contributed by atoms with Crippen LogP contribution in [0.1, 0.15) is 17.2 Å². The van der Waals surface area contributed by atoms with Gasteiger partial charge in [0.25, 0.3) is 0 Å². The second-order valence-electron chi connectivity index (χ2n) is 4.29. The molecule has 0 bridgehead atoms. The van der Waals surface area contributed by atoms with E-state index >= 15 is 0 Å². The van der Waals surface area contributed by atoms with Crippen LogP contribution in [0.4, 0.5) is 0 Å². The molecule has 1 atom stereocenters. The lowest BCUT2D eigenvalue weighted by molar-refractivity contribution is -0.151. The average Bonchev–Trinajstić information content (AvgIpc) is 2.49. The van der Waals surface area contributed by atoms with Crippen molar-refractivity contribution in [2.24, 2.45) is 0 Å². The molecule has 0 saturated heterocycles. The highest BCUT2D eigenvalue weighted by Gasteiger charge is 2.20. The number of ether oxygens (including phenoxy) is 2. The fraction of sp³-hybridized carbons (Fsp3) is 0.188. The summed E-state index contributed by atoms with van der Waals surface area (Å²) in [6.07, 6.45) is -0.960. The summed E-state index contributed by atoms with van der Waals surface area (Å²) in [5.41, 5.74) is 1.53. The summed E-state index contributed by atoms with van der Waals surface area (Å²) in [5, 5.41) is 9.24. The summed E-state index contributed by atoms with van der Waals surface area (Å²) in [5.74, 6) is -0.240. The van der Waals surface area contributed by atoms with Crippen molar-refractivity contribution >= 4 is 5.97 Å². The van der Waals surface area contributed by atoms with Gasteiger partial charge in [-0.05, 0) is 23.3 Å². The van der Waals surface area contributed by atoms with Gasteiger partial charge in [-0.15, -0.1) is 0 Å². The second kappa shape index (κ2) is 6.73. The van der Waals surface area contributed by atoms with Crippen LogP contribution in [0.3, 0.4) is 0 Å². The Morgan fingerprint density at radius 2 is 1.75 bits per heavy atom. The molecule has 0 heterocycles. The highest BCUT2D eigenvalue weighted by atomic mass is 16.5. The predicted octanol–water partition coefficient (Wildman–Crippen LogP) is 3.04. The van der Waals surface area contributed by atoms with Crippen LogP contribution in [0.15, 0.2) is 54.6 Å². The quantitative estimate of drug-likeness (QED) is 0.878. The van der Waals surface area contributed by atoms with Crippen molar-refractivity contribution in [3.63, 3.8) is 0 Å². The number of hydrogen-bond donors (Lipinski definition) is 1. The molecule has 0 aliphatic carbocycles. The van der Waals surface area contributed by atoms with Crippen molar-refractivity contribution in [1.82, 2.24) is 0 Å². The molecule has 2 aromatic rings. The Bertz CT molecular complexity index is 548. The number of benzene rings is 2. The zero-order valence-electron chi connectivity index (χ0n) is 11.2. The SMILES string of the molecule is COc1ccc(COC(C(=O)O)c2ccccc2)cc1. The molecule has 0 saturated carbocycles. The number of carboxylic acids is 1. The summed E-state index contributed by atoms with van der Waals surface area (Å²) >= 11 is 0. The van der Waals surface area contributed by atoms with Crippen LogP contribution in [-0.4, -0.2) is 18.2 Å². The van der Waals surface area contributed by atoms with E-state index in [-0.39, 0.29) is 6.61 Å². The monoisotopic (exact) mass is 272 g/mol. The van der Waals surface area contributed by atoms with Crippen molar-refractivity contribution in [2.75, 3.05) is 7.11 Å². The molecule has 2 rings (SSSR count). The standard InChI is InChI=1S/C16H16O4/c1-19-14-9-7-12(8-10-14)11-20-15(16(17)18)13-5-3-2-4-6-13/h2-10,15H,11H2,1H3,(H,17,18). The van der Waals surface area contributed by atoms with E-state index in [1.54, 1.807) is 31.4 Å². The van der Waals surface area contributed by atoms with Crippen molar-refractivity contribution in [1.29, 1.82) is 0 Å². The van der Waals surface area contributed by atoms with Gasteiger partial charge in [-0.3, -0.25) is 0 Å². The van der Waals surface area contributed by atoms with Gasteiger partial charge in [0.05, 0.1) is 13.7 Å². The minimum absolute atomic E-state index is 0.232. The van der Waals surface area contributed by atoms with Crippen molar-refractivity contribution < 1.29 is 19.4 Å². The number of carboxylic acid groups (broad SMARTS) is 1. The maximum absolute atomic E-state index is 11.3. The topological polar surface area (TPSA) is 55.8 Å². The lowest BCUT2D eigenvalue weighted by atomic mass is 10.1. The van der Waals surface area contributed by atoms with Gasteiger partial charge in [-0.1, -0.05) is 42.5 Å². The van der Waals surface area contributed by atoms with Crippen molar-refractivity contribution in [3.8, 4) is 5.75 Å². The van der Waals surface area contributed by atoms with E-state index in [2.05, 4.69) is 0 Å². The highest BCUT2D eigenvalue weighted by molar-refractivity contribution is 5.74. The molecule has 0 aromatic heterocycles. The third kappa shape index (κ3) is 3.59. The Balaban J connectivity index is 2.04. The van der Waals surface area contributed by atoms with Crippen molar-refractivity contribution in [3.05, 3.63) is 65.7 Å². The van der Waals surface area contributed by atoms with Gasteiger partial charge in [-0.2, -0.15) is 0 Å². The van der Waals surface area contributed by atoms with Gasteiger partial charge in [-0.25, -0.2) is 4.79 Å². The first-order chi connectivity index (χ1) is 9.70. The van der Waals surface area contributed by atoms with Gasteiger partial charge in [0, 0.05) is 0 Å². The van der Waals surface area contributed by atoms with Gasteiger partial charge < -0.3 is 14.6 Å². The van der Waals surface area contributed by atoms with E-state index in [1.165, 1.54) is 0 Å². The molecule has 0 spiro atoms. The smallest absolute Gasteiger partial charge is 0.337 e. The molecular formula is C16H16O4. The van der Waals surface area contributed by atoms with E-state index < -0.39 is 12.1 Å². The Morgan fingerprint density at radius 3 is 2.30 bits per heavy atom. The van der Waals surface area contributed by atoms with E-state index in [1.807, 2.05) is 30.3 Å². The summed E-state index contributed by atoms with van der Waals surface area (Å²) in [6.45, 7) is 0.232. The summed E-state index contributed by atoms with van der Waals surface area (Å²) in [7, 11) is 1.60. The van der Waals surface area contributed by atoms with Crippen LogP contribution in [0.25, 0.3) is 0 Å². The molecular weight excluding hydrogens is 256 g/mol. The van der Waals surface area contributed by atoms with Crippen LogP contribution in [-0.2, 0) is 16.1 Å². The maximum atomic E-state index is 11.3. The van der Waals surface area contributed by atoms with Crippen LogP contribution in [0, 0.1) is 0 Å². The van der Waals surface area contributed by atoms with E-state index in [0.29, 0.717) is 5.56 Å². The van der Waals surface area contributed by atoms with Crippen LogP contribution in [0.5, 0.6) is 5.75 Å². The zero-order chi connectivity index (χ0) is 14.4. The third-order valence-electron chi connectivity index (χ3n) is 2.90. The Hall–Kier alpha value is -2.33. The van der Waals surface area contributed by atoms with Gasteiger partial charge in [0.1, 0.15) is 5.75 Å². The van der Waals surface area contributed by atoms with Gasteiger partial charge in [0.2, 0.25) is 0 Å². The fourth-order valence-corrected chi connectivity index (χ4v) is 1.84. The maximum Gasteiger partial charge on any atom is 0.337 e. The molecule has 104 valence electrons. The first-order valence-corrected chi connectivity index (χ1v) is 6.23. The van der Waals surface area contributed by atoms with Crippen LogP contribution >= 0.6 is 0 Å². The predicted molar refractivity (Wildman–Crippen MR) is 74.6 cm³/mol. The molecule has 1 N–H and O–H groups in total. The number of carbonyl (C=O) groups is 1. The third-order valence-corrected chi connectivity index (χ3v) is 2.90. The van der Waals surface area contributed by atoms with Gasteiger partial charge >= 0.3 is 5.97 Å². The first-order valence-electron chi connectivity index (χ1n) is 6.23. The molecule has 4 nitrogen and oxygen atoms in total. The van der Waals surface area contributed by atoms with Crippen molar-refractivity contribution in [2.45, 2.75) is 12.7 Å². The largest absolute Gasteiger partial charge is 0.497 e.